The molecule has 1 aromatic rings. The van der Waals surface area contributed by atoms with E-state index in [2.05, 4.69) is 11.7 Å². The molecule has 6 heteroatoms. The van der Waals surface area contributed by atoms with Gasteiger partial charge in [-0.05, 0) is 80.5 Å². The molecule has 0 radical (unpaired) electrons. The smallest absolute Gasteiger partial charge is 0.465 e. The Morgan fingerprint density at radius 1 is 0.852 bits per heavy atom. The summed E-state index contributed by atoms with van der Waals surface area (Å²) < 4.78 is 45.9. The van der Waals surface area contributed by atoms with Gasteiger partial charge in [0.25, 0.3) is 0 Å². The van der Waals surface area contributed by atoms with Gasteiger partial charge in [0, 0.05) is 5.92 Å². The maximum Gasteiger partial charge on any atom is 0.573 e. The first kappa shape index (κ1) is 20.3. The summed E-state index contributed by atoms with van der Waals surface area (Å²) in [6.45, 7) is 2.34. The minimum atomic E-state index is -4.71. The zero-order chi connectivity index (χ0) is 19.4. The van der Waals surface area contributed by atoms with Gasteiger partial charge in [-0.3, -0.25) is 0 Å². The van der Waals surface area contributed by atoms with Crippen molar-refractivity contribution in [3.63, 3.8) is 0 Å². The fourth-order valence-corrected chi connectivity index (χ4v) is 4.61. The van der Waals surface area contributed by atoms with E-state index in [0.29, 0.717) is 5.75 Å². The van der Waals surface area contributed by atoms with Crippen LogP contribution in [0.2, 0.25) is 0 Å². The highest BCUT2D eigenvalue weighted by Gasteiger charge is 2.33. The number of benzene rings is 1. The number of ether oxygens (including phenoxy) is 2. The normalized spacial score (nSPS) is 30.6. The molecule has 1 N–H and O–H groups in total. The standard InChI is InChI=1S/C21H29F3O3/c1-14-2-4-15(5-3-14)16-6-8-17(9-7-16)20(25)26-18-10-12-19(13-11-18)27-21(22,23)24/h10-17,20,25H,2-9H2,1H3. The van der Waals surface area contributed by atoms with Crippen molar-refractivity contribution in [3.8, 4) is 11.5 Å². The molecule has 3 rings (SSSR count). The molecule has 0 aliphatic heterocycles. The molecule has 0 aromatic heterocycles. The van der Waals surface area contributed by atoms with E-state index in [1.165, 1.54) is 49.9 Å². The predicted molar refractivity (Wildman–Crippen MR) is 96.3 cm³/mol. The summed E-state index contributed by atoms with van der Waals surface area (Å²) in [5, 5.41) is 10.4. The molecular formula is C21H29F3O3. The van der Waals surface area contributed by atoms with Crippen LogP contribution in [0.4, 0.5) is 13.2 Å². The lowest BCUT2D eigenvalue weighted by Gasteiger charge is -2.38. The summed E-state index contributed by atoms with van der Waals surface area (Å²) >= 11 is 0. The Kier molecular flexibility index (Phi) is 6.56. The van der Waals surface area contributed by atoms with Crippen molar-refractivity contribution in [3.05, 3.63) is 24.3 Å². The maximum absolute atomic E-state index is 12.2. The van der Waals surface area contributed by atoms with Crippen LogP contribution in [-0.4, -0.2) is 17.8 Å². The lowest BCUT2D eigenvalue weighted by Crippen LogP contribution is -2.32. The van der Waals surface area contributed by atoms with Crippen molar-refractivity contribution < 1.29 is 27.8 Å². The molecule has 1 atom stereocenters. The zero-order valence-corrected chi connectivity index (χ0v) is 15.8. The van der Waals surface area contributed by atoms with Crippen LogP contribution in [0.3, 0.4) is 0 Å². The van der Waals surface area contributed by atoms with Crippen LogP contribution in [0.15, 0.2) is 24.3 Å². The van der Waals surface area contributed by atoms with Gasteiger partial charge in [-0.2, -0.15) is 0 Å². The van der Waals surface area contributed by atoms with Gasteiger partial charge in [0.2, 0.25) is 0 Å². The molecule has 1 unspecified atom stereocenters. The number of alkyl halides is 3. The minimum absolute atomic E-state index is 0.0786. The van der Waals surface area contributed by atoms with Crippen molar-refractivity contribution >= 4 is 0 Å². The first-order valence-electron chi connectivity index (χ1n) is 10.0. The van der Waals surface area contributed by atoms with Crippen LogP contribution in [0.1, 0.15) is 58.3 Å². The quantitative estimate of drug-likeness (QED) is 0.639. The van der Waals surface area contributed by atoms with Crippen molar-refractivity contribution in [2.45, 2.75) is 70.9 Å². The van der Waals surface area contributed by atoms with Gasteiger partial charge < -0.3 is 14.6 Å². The van der Waals surface area contributed by atoms with Gasteiger partial charge in [0.05, 0.1) is 0 Å². The third-order valence-corrected chi connectivity index (χ3v) is 6.26. The van der Waals surface area contributed by atoms with Crippen molar-refractivity contribution in [1.82, 2.24) is 0 Å². The number of hydrogen-bond donors (Lipinski definition) is 1. The number of aliphatic hydroxyl groups is 1. The molecule has 1 aromatic carbocycles. The van der Waals surface area contributed by atoms with E-state index in [9.17, 15) is 18.3 Å². The van der Waals surface area contributed by atoms with E-state index in [1.807, 2.05) is 0 Å². The molecule has 2 aliphatic rings. The minimum Gasteiger partial charge on any atom is -0.465 e. The third kappa shape index (κ3) is 6.03. The van der Waals surface area contributed by atoms with E-state index in [0.717, 1.165) is 43.4 Å². The zero-order valence-electron chi connectivity index (χ0n) is 15.8. The van der Waals surface area contributed by atoms with Gasteiger partial charge in [-0.25, -0.2) is 0 Å². The summed E-state index contributed by atoms with van der Waals surface area (Å²) in [6, 6.07) is 5.16. The lowest BCUT2D eigenvalue weighted by molar-refractivity contribution is -0.274. The second-order valence-electron chi connectivity index (χ2n) is 8.22. The van der Waals surface area contributed by atoms with E-state index < -0.39 is 12.7 Å². The van der Waals surface area contributed by atoms with Crippen molar-refractivity contribution in [1.29, 1.82) is 0 Å². The Bertz CT molecular complexity index is 571. The van der Waals surface area contributed by atoms with Crippen molar-refractivity contribution in [2.75, 3.05) is 0 Å². The van der Waals surface area contributed by atoms with Gasteiger partial charge >= 0.3 is 6.36 Å². The Hall–Kier alpha value is -1.43. The molecule has 2 saturated carbocycles. The van der Waals surface area contributed by atoms with E-state index in [4.69, 9.17) is 4.74 Å². The van der Waals surface area contributed by atoms with Gasteiger partial charge in [0.15, 0.2) is 6.29 Å². The molecular weight excluding hydrogens is 357 g/mol. The fourth-order valence-electron chi connectivity index (χ4n) is 4.61. The first-order chi connectivity index (χ1) is 12.8. The van der Waals surface area contributed by atoms with Crippen LogP contribution in [0.25, 0.3) is 0 Å². The molecule has 152 valence electrons. The highest BCUT2D eigenvalue weighted by Crippen LogP contribution is 2.42. The first-order valence-corrected chi connectivity index (χ1v) is 10.0. The Labute approximate surface area is 158 Å². The summed E-state index contributed by atoms with van der Waals surface area (Å²) in [5.41, 5.74) is 0. The number of rotatable bonds is 5. The molecule has 0 saturated heterocycles. The van der Waals surface area contributed by atoms with Gasteiger partial charge in [-0.15, -0.1) is 13.2 Å². The van der Waals surface area contributed by atoms with Crippen LogP contribution < -0.4 is 9.47 Å². The molecule has 2 aliphatic carbocycles. The number of hydrogen-bond acceptors (Lipinski definition) is 3. The average molecular weight is 386 g/mol. The van der Waals surface area contributed by atoms with Gasteiger partial charge in [0.1, 0.15) is 11.5 Å². The number of aliphatic hydroxyl groups excluding tert-OH is 1. The fraction of sp³-hybridized carbons (Fsp3) is 0.714. The van der Waals surface area contributed by atoms with Crippen LogP contribution in [0, 0.1) is 23.7 Å². The molecule has 0 bridgehead atoms. The summed E-state index contributed by atoms with van der Waals surface area (Å²) in [6.07, 6.45) is 3.84. The van der Waals surface area contributed by atoms with E-state index in [1.54, 1.807) is 0 Å². The summed E-state index contributed by atoms with van der Waals surface area (Å²) in [7, 11) is 0. The summed E-state index contributed by atoms with van der Waals surface area (Å²) in [4.78, 5) is 0. The maximum atomic E-state index is 12.2. The molecule has 0 spiro atoms. The topological polar surface area (TPSA) is 38.7 Å². The SMILES string of the molecule is CC1CCC(C2CCC(C(O)Oc3ccc(OC(F)(F)F)cc3)CC2)CC1. The predicted octanol–water partition coefficient (Wildman–Crippen LogP) is 5.92. The van der Waals surface area contributed by atoms with E-state index >= 15 is 0 Å². The Balaban J connectivity index is 1.44. The van der Waals surface area contributed by atoms with Crippen molar-refractivity contribution in [2.24, 2.45) is 23.7 Å². The number of halogens is 3. The second-order valence-corrected chi connectivity index (χ2v) is 8.22. The van der Waals surface area contributed by atoms with Crippen LogP contribution in [-0.2, 0) is 0 Å². The summed E-state index contributed by atoms with van der Waals surface area (Å²) in [5.74, 6) is 2.59. The van der Waals surface area contributed by atoms with Gasteiger partial charge in [-0.1, -0.05) is 19.8 Å². The lowest BCUT2D eigenvalue weighted by atomic mass is 9.69. The van der Waals surface area contributed by atoms with Crippen LogP contribution >= 0.6 is 0 Å². The van der Waals surface area contributed by atoms with E-state index in [-0.39, 0.29) is 11.7 Å². The molecule has 0 heterocycles. The molecule has 2 fully saturated rings. The third-order valence-electron chi connectivity index (χ3n) is 6.26. The average Bonchev–Trinajstić information content (AvgIpc) is 2.63. The molecule has 0 amide bonds. The molecule has 27 heavy (non-hydrogen) atoms. The van der Waals surface area contributed by atoms with Crippen LogP contribution in [0.5, 0.6) is 11.5 Å². The Morgan fingerprint density at radius 2 is 1.33 bits per heavy atom. The molecule has 3 nitrogen and oxygen atoms in total. The highest BCUT2D eigenvalue weighted by atomic mass is 19.4. The largest absolute Gasteiger partial charge is 0.573 e. The highest BCUT2D eigenvalue weighted by molar-refractivity contribution is 5.31. The monoisotopic (exact) mass is 386 g/mol. The Morgan fingerprint density at radius 3 is 1.85 bits per heavy atom. The second kappa shape index (κ2) is 8.72.